The van der Waals surface area contributed by atoms with Crippen molar-refractivity contribution in [3.63, 3.8) is 0 Å². The Morgan fingerprint density at radius 1 is 1.11 bits per heavy atom. The largest absolute Gasteiger partial charge is 0.478 e. The molecule has 0 aliphatic carbocycles. The first kappa shape index (κ1) is 13.1. The molecule has 0 unspecified atom stereocenters. The molecule has 0 amide bonds. The van der Waals surface area contributed by atoms with Gasteiger partial charge in [-0.1, -0.05) is 26.0 Å². The summed E-state index contributed by atoms with van der Waals surface area (Å²) in [5.74, 6) is -0.635. The molecule has 1 aromatic carbocycles. The molecule has 0 aliphatic heterocycles. The molecule has 0 radical (unpaired) electrons. The van der Waals surface area contributed by atoms with Crippen LogP contribution < -0.4 is 5.56 Å². The van der Waals surface area contributed by atoms with E-state index in [1.54, 1.807) is 0 Å². The molecule has 0 atom stereocenters. The molecule has 1 heterocycles. The second-order valence-corrected chi connectivity index (χ2v) is 4.68. The van der Waals surface area contributed by atoms with Crippen LogP contribution >= 0.6 is 0 Å². The van der Waals surface area contributed by atoms with Crippen LogP contribution in [-0.2, 0) is 0 Å². The second kappa shape index (κ2) is 5.10. The maximum Gasteiger partial charge on any atom is 0.337 e. The molecule has 1 aromatic heterocycles. The zero-order chi connectivity index (χ0) is 14.0. The smallest absolute Gasteiger partial charge is 0.337 e. The fourth-order valence-corrected chi connectivity index (χ4v) is 1.84. The highest BCUT2D eigenvalue weighted by Crippen LogP contribution is 2.16. The highest BCUT2D eigenvalue weighted by molar-refractivity contribution is 5.87. The zero-order valence-corrected chi connectivity index (χ0v) is 10.8. The SMILES string of the molecule is CC(C)c1ccc(-n2cc(C(=O)O)ccc2=O)cc1. The van der Waals surface area contributed by atoms with Crippen LogP contribution in [0.3, 0.4) is 0 Å². The molecular weight excluding hydrogens is 242 g/mol. The Bertz CT molecular complexity index is 654. The topological polar surface area (TPSA) is 59.3 Å². The molecule has 4 heteroatoms. The number of carboxylic acids is 1. The highest BCUT2D eigenvalue weighted by atomic mass is 16.4. The molecule has 2 rings (SSSR count). The summed E-state index contributed by atoms with van der Waals surface area (Å²) in [7, 11) is 0. The Kier molecular flexibility index (Phi) is 3.51. The first-order chi connectivity index (χ1) is 8.99. The van der Waals surface area contributed by atoms with E-state index in [4.69, 9.17) is 5.11 Å². The van der Waals surface area contributed by atoms with Gasteiger partial charge in [0.15, 0.2) is 0 Å². The molecule has 0 saturated carbocycles. The van der Waals surface area contributed by atoms with Gasteiger partial charge in [0.1, 0.15) is 0 Å². The van der Waals surface area contributed by atoms with E-state index in [0.29, 0.717) is 11.6 Å². The van der Waals surface area contributed by atoms with Gasteiger partial charge in [-0.25, -0.2) is 4.79 Å². The number of carboxylic acid groups (broad SMARTS) is 1. The van der Waals surface area contributed by atoms with Gasteiger partial charge in [0, 0.05) is 18.0 Å². The first-order valence-electron chi connectivity index (χ1n) is 6.05. The van der Waals surface area contributed by atoms with E-state index in [9.17, 15) is 9.59 Å². The number of hydrogen-bond acceptors (Lipinski definition) is 2. The van der Waals surface area contributed by atoms with Crippen molar-refractivity contribution in [2.45, 2.75) is 19.8 Å². The predicted octanol–water partition coefficient (Wildman–Crippen LogP) is 2.66. The van der Waals surface area contributed by atoms with Crippen LogP contribution in [0.5, 0.6) is 0 Å². The van der Waals surface area contributed by atoms with Crippen LogP contribution in [0.1, 0.15) is 35.7 Å². The predicted molar refractivity (Wildman–Crippen MR) is 73.1 cm³/mol. The number of hydrogen-bond donors (Lipinski definition) is 1. The summed E-state index contributed by atoms with van der Waals surface area (Å²) in [5.41, 5.74) is 1.68. The van der Waals surface area contributed by atoms with Crippen molar-refractivity contribution in [2.24, 2.45) is 0 Å². The zero-order valence-electron chi connectivity index (χ0n) is 10.8. The van der Waals surface area contributed by atoms with Crippen LogP contribution in [0, 0.1) is 0 Å². The van der Waals surface area contributed by atoms with Gasteiger partial charge in [-0.2, -0.15) is 0 Å². The maximum absolute atomic E-state index is 11.8. The lowest BCUT2D eigenvalue weighted by atomic mass is 10.0. The number of carbonyl (C=O) groups is 1. The summed E-state index contributed by atoms with van der Waals surface area (Å²) in [6, 6.07) is 10.1. The fourth-order valence-electron chi connectivity index (χ4n) is 1.84. The minimum Gasteiger partial charge on any atom is -0.478 e. The van der Waals surface area contributed by atoms with Gasteiger partial charge < -0.3 is 5.11 Å². The van der Waals surface area contributed by atoms with Crippen molar-refractivity contribution in [1.29, 1.82) is 0 Å². The summed E-state index contributed by atoms with van der Waals surface area (Å²) in [6.45, 7) is 4.18. The van der Waals surface area contributed by atoms with Crippen LogP contribution in [0.15, 0.2) is 47.4 Å². The van der Waals surface area contributed by atoms with Crippen LogP contribution in [0.2, 0.25) is 0 Å². The van der Waals surface area contributed by atoms with E-state index in [2.05, 4.69) is 13.8 Å². The monoisotopic (exact) mass is 257 g/mol. The van der Waals surface area contributed by atoms with Crippen LogP contribution in [-0.4, -0.2) is 15.6 Å². The van der Waals surface area contributed by atoms with Gasteiger partial charge in [0.2, 0.25) is 0 Å². The van der Waals surface area contributed by atoms with Gasteiger partial charge in [-0.05, 0) is 29.7 Å². The minimum absolute atomic E-state index is 0.0903. The number of nitrogens with zero attached hydrogens (tertiary/aromatic N) is 1. The maximum atomic E-state index is 11.8. The van der Waals surface area contributed by atoms with E-state index in [0.717, 1.165) is 0 Å². The number of aromatic nitrogens is 1. The molecule has 4 nitrogen and oxygen atoms in total. The van der Waals surface area contributed by atoms with E-state index in [1.165, 1.54) is 28.5 Å². The van der Waals surface area contributed by atoms with Gasteiger partial charge >= 0.3 is 5.97 Å². The summed E-state index contributed by atoms with van der Waals surface area (Å²) in [4.78, 5) is 22.7. The summed E-state index contributed by atoms with van der Waals surface area (Å²) >= 11 is 0. The van der Waals surface area contributed by atoms with Gasteiger partial charge in [-0.3, -0.25) is 9.36 Å². The minimum atomic E-state index is -1.05. The third kappa shape index (κ3) is 2.73. The Morgan fingerprint density at radius 3 is 2.26 bits per heavy atom. The van der Waals surface area contributed by atoms with E-state index < -0.39 is 5.97 Å². The summed E-state index contributed by atoms with van der Waals surface area (Å²) < 4.78 is 1.34. The molecular formula is C15H15NO3. The lowest BCUT2D eigenvalue weighted by Gasteiger charge is -2.09. The summed E-state index contributed by atoms with van der Waals surface area (Å²) in [6.07, 6.45) is 1.34. The number of pyridine rings is 1. The van der Waals surface area contributed by atoms with E-state index in [1.807, 2.05) is 24.3 Å². The van der Waals surface area contributed by atoms with Crippen molar-refractivity contribution < 1.29 is 9.90 Å². The molecule has 98 valence electrons. The van der Waals surface area contributed by atoms with Crippen molar-refractivity contribution >= 4 is 5.97 Å². The Morgan fingerprint density at radius 2 is 1.74 bits per heavy atom. The first-order valence-corrected chi connectivity index (χ1v) is 6.05. The standard InChI is InChI=1S/C15H15NO3/c1-10(2)11-3-6-13(7-4-11)16-9-12(15(18)19)5-8-14(16)17/h3-10H,1-2H3,(H,18,19). The lowest BCUT2D eigenvalue weighted by molar-refractivity contribution is 0.0696. The molecule has 0 saturated heterocycles. The summed E-state index contributed by atoms with van der Waals surface area (Å²) in [5, 5.41) is 8.95. The number of aromatic carboxylic acids is 1. The van der Waals surface area contributed by atoms with Crippen molar-refractivity contribution in [3.05, 3.63) is 64.1 Å². The quantitative estimate of drug-likeness (QED) is 0.919. The Hall–Kier alpha value is -2.36. The Labute approximate surface area is 110 Å². The van der Waals surface area contributed by atoms with Gasteiger partial charge in [0.25, 0.3) is 5.56 Å². The Balaban J connectivity index is 2.49. The number of benzene rings is 1. The third-order valence-electron chi connectivity index (χ3n) is 3.00. The molecule has 0 bridgehead atoms. The van der Waals surface area contributed by atoms with Gasteiger partial charge in [-0.15, -0.1) is 0 Å². The van der Waals surface area contributed by atoms with Crippen LogP contribution in [0.25, 0.3) is 5.69 Å². The normalized spacial score (nSPS) is 10.7. The molecule has 0 spiro atoms. The molecule has 19 heavy (non-hydrogen) atoms. The van der Waals surface area contributed by atoms with Crippen molar-refractivity contribution in [1.82, 2.24) is 4.57 Å². The van der Waals surface area contributed by atoms with Crippen molar-refractivity contribution in [2.75, 3.05) is 0 Å². The highest BCUT2D eigenvalue weighted by Gasteiger charge is 2.07. The van der Waals surface area contributed by atoms with Gasteiger partial charge in [0.05, 0.1) is 5.56 Å². The third-order valence-corrected chi connectivity index (χ3v) is 3.00. The molecule has 0 aliphatic rings. The second-order valence-electron chi connectivity index (χ2n) is 4.68. The van der Waals surface area contributed by atoms with Crippen LogP contribution in [0.4, 0.5) is 0 Å². The van der Waals surface area contributed by atoms with E-state index in [-0.39, 0.29) is 11.1 Å². The fraction of sp³-hybridized carbons (Fsp3) is 0.200. The average Bonchev–Trinajstić information content (AvgIpc) is 2.39. The molecule has 0 fully saturated rings. The van der Waals surface area contributed by atoms with Crippen molar-refractivity contribution in [3.8, 4) is 5.69 Å². The average molecular weight is 257 g/mol. The number of rotatable bonds is 3. The van der Waals surface area contributed by atoms with E-state index >= 15 is 0 Å². The molecule has 2 aromatic rings. The molecule has 1 N–H and O–H groups in total. The lowest BCUT2D eigenvalue weighted by Crippen LogP contribution is -2.18.